The van der Waals surface area contributed by atoms with E-state index >= 15 is 0 Å². The molecule has 19 nitrogen and oxygen atoms in total. The molecule has 1 aromatic heterocycles. The fourth-order valence-electron chi connectivity index (χ4n) is 3.36. The van der Waals surface area contributed by atoms with Crippen molar-refractivity contribution in [3.63, 3.8) is 0 Å². The lowest BCUT2D eigenvalue weighted by Crippen LogP contribution is -2.49. The third kappa shape index (κ3) is 10.2. The molecule has 5 N–H and O–H groups in total. The van der Waals surface area contributed by atoms with E-state index in [1.807, 2.05) is 0 Å². The molecule has 0 aliphatic rings. The van der Waals surface area contributed by atoms with Crippen LogP contribution in [0.2, 0.25) is 0 Å². The zero-order chi connectivity index (χ0) is 29.7. The van der Waals surface area contributed by atoms with Crippen molar-refractivity contribution in [1.82, 2.24) is 25.6 Å². The number of nitro groups is 2. The zero-order valence-corrected chi connectivity index (χ0v) is 20.8. The van der Waals surface area contributed by atoms with Crippen LogP contribution in [0.1, 0.15) is 37.8 Å². The zero-order valence-electron chi connectivity index (χ0n) is 20.8. The maximum absolute atomic E-state index is 12.1. The van der Waals surface area contributed by atoms with E-state index in [-0.39, 0.29) is 31.5 Å². The lowest BCUT2D eigenvalue weighted by molar-refractivity contribution is -0.393. The van der Waals surface area contributed by atoms with Crippen LogP contribution in [0.15, 0.2) is 24.4 Å². The number of carbonyl (C=O) groups is 4. The summed E-state index contributed by atoms with van der Waals surface area (Å²) in [7, 11) is 0. The Hall–Kier alpha value is -5.36. The number of carboxylic acids is 2. The fourth-order valence-corrected chi connectivity index (χ4v) is 3.36. The van der Waals surface area contributed by atoms with Crippen molar-refractivity contribution >= 4 is 41.5 Å². The van der Waals surface area contributed by atoms with Crippen LogP contribution in [-0.2, 0) is 32.2 Å². The monoisotopic (exact) mass is 566 g/mol. The number of urea groups is 1. The van der Waals surface area contributed by atoms with Crippen molar-refractivity contribution in [1.29, 1.82) is 0 Å². The Morgan fingerprint density at radius 3 is 2.48 bits per heavy atom. The maximum atomic E-state index is 12.1. The molecular formula is C21H26N8O11. The van der Waals surface area contributed by atoms with Gasteiger partial charge in [-0.1, -0.05) is 5.21 Å². The van der Waals surface area contributed by atoms with Gasteiger partial charge in [-0.05, 0) is 25.3 Å². The van der Waals surface area contributed by atoms with Crippen LogP contribution in [0.5, 0.6) is 0 Å². The number of carboxylic acid groups (broad SMARTS) is 2. The van der Waals surface area contributed by atoms with Crippen molar-refractivity contribution < 1.29 is 44.0 Å². The van der Waals surface area contributed by atoms with Gasteiger partial charge in [-0.2, -0.15) is 0 Å². The standard InChI is InChI=1S/C21H26N8O11/c30-12-40-18(24-21(35)23-16(20(33)34)6-7-19(31)32)3-1-2-8-27-11-13(25-26-27)10-22-15-5-4-14(28(36)37)9-17(15)29(38)39/h4-5,9,11-12,16,18,22H,1-3,6-8,10H2,(H,31,32)(H,33,34)(H2,23,24,35)/t16-,18+/m0/s1. The normalized spacial score (nSPS) is 12.0. The minimum atomic E-state index is -1.45. The highest BCUT2D eigenvalue weighted by atomic mass is 16.6. The number of aliphatic carboxylic acids is 2. The molecule has 0 aliphatic heterocycles. The molecule has 0 fully saturated rings. The third-order valence-electron chi connectivity index (χ3n) is 5.30. The van der Waals surface area contributed by atoms with Gasteiger partial charge in [0.1, 0.15) is 17.4 Å². The van der Waals surface area contributed by atoms with Crippen molar-refractivity contribution in [2.75, 3.05) is 5.32 Å². The molecule has 0 saturated heterocycles. The number of hydrogen-bond acceptors (Lipinski definition) is 12. The molecule has 0 saturated carbocycles. The SMILES string of the molecule is O=CO[C@H](CCCCn1cc(CNc2ccc([N+](=O)[O-])cc2[N+](=O)[O-])nn1)NC(=O)N[C@@H](CCC(=O)O)C(=O)O. The van der Waals surface area contributed by atoms with Gasteiger partial charge < -0.3 is 30.9 Å². The molecule has 2 atom stereocenters. The molecule has 2 aromatic rings. The average Bonchev–Trinajstić information content (AvgIpc) is 3.35. The number of amides is 2. The molecule has 0 radical (unpaired) electrons. The number of aryl methyl sites for hydroxylation is 1. The summed E-state index contributed by atoms with van der Waals surface area (Å²) in [6.07, 6.45) is 0.814. The van der Waals surface area contributed by atoms with Crippen LogP contribution < -0.4 is 16.0 Å². The minimum absolute atomic E-state index is 0.0523. The highest BCUT2D eigenvalue weighted by Crippen LogP contribution is 2.29. The summed E-state index contributed by atoms with van der Waals surface area (Å²) in [5.41, 5.74) is -0.377. The van der Waals surface area contributed by atoms with Gasteiger partial charge in [0.2, 0.25) is 0 Å². The second-order valence-corrected chi connectivity index (χ2v) is 8.20. The van der Waals surface area contributed by atoms with E-state index in [2.05, 4.69) is 26.3 Å². The summed E-state index contributed by atoms with van der Waals surface area (Å²) in [6.45, 7) is 0.549. The Balaban J connectivity index is 1.82. The minimum Gasteiger partial charge on any atom is -0.481 e. The molecule has 0 bridgehead atoms. The first kappa shape index (κ1) is 30.9. The first-order valence-corrected chi connectivity index (χ1v) is 11.7. The number of ether oxygens (including phenoxy) is 1. The van der Waals surface area contributed by atoms with Crippen LogP contribution in [0, 0.1) is 20.2 Å². The van der Waals surface area contributed by atoms with E-state index in [0.29, 0.717) is 25.1 Å². The molecule has 1 aromatic carbocycles. The van der Waals surface area contributed by atoms with Gasteiger partial charge in [-0.25, -0.2) is 9.59 Å². The van der Waals surface area contributed by atoms with Gasteiger partial charge in [0.25, 0.3) is 17.8 Å². The highest BCUT2D eigenvalue weighted by Gasteiger charge is 2.23. The number of hydrogen-bond donors (Lipinski definition) is 5. The summed E-state index contributed by atoms with van der Waals surface area (Å²) in [5.74, 6) is -2.64. The Kier molecular flexibility index (Phi) is 11.7. The summed E-state index contributed by atoms with van der Waals surface area (Å²) < 4.78 is 6.30. The van der Waals surface area contributed by atoms with Crippen LogP contribution in [0.25, 0.3) is 0 Å². The lowest BCUT2D eigenvalue weighted by Gasteiger charge is -2.19. The van der Waals surface area contributed by atoms with Gasteiger partial charge >= 0.3 is 18.0 Å². The van der Waals surface area contributed by atoms with E-state index in [1.54, 1.807) is 6.20 Å². The first-order chi connectivity index (χ1) is 19.0. The smallest absolute Gasteiger partial charge is 0.326 e. The second kappa shape index (κ2) is 15.1. The molecule has 1 heterocycles. The molecule has 0 unspecified atom stereocenters. The van der Waals surface area contributed by atoms with Crippen LogP contribution in [0.3, 0.4) is 0 Å². The van der Waals surface area contributed by atoms with Crippen molar-refractivity contribution in [3.05, 3.63) is 50.3 Å². The van der Waals surface area contributed by atoms with Crippen LogP contribution >= 0.6 is 0 Å². The highest BCUT2D eigenvalue weighted by molar-refractivity contribution is 5.83. The number of rotatable bonds is 18. The number of aromatic nitrogens is 3. The lowest BCUT2D eigenvalue weighted by atomic mass is 10.1. The molecule has 40 heavy (non-hydrogen) atoms. The summed E-state index contributed by atoms with van der Waals surface area (Å²) in [4.78, 5) is 65.3. The van der Waals surface area contributed by atoms with E-state index in [0.717, 1.165) is 12.1 Å². The van der Waals surface area contributed by atoms with E-state index < -0.39 is 57.9 Å². The predicted molar refractivity (Wildman–Crippen MR) is 132 cm³/mol. The number of anilines is 1. The third-order valence-corrected chi connectivity index (χ3v) is 5.30. The predicted octanol–water partition coefficient (Wildman–Crippen LogP) is 0.993. The molecular weight excluding hydrogens is 540 g/mol. The Labute approximate surface area is 224 Å². The molecule has 0 spiro atoms. The Bertz CT molecular complexity index is 1230. The second-order valence-electron chi connectivity index (χ2n) is 8.20. The van der Waals surface area contributed by atoms with E-state index in [4.69, 9.17) is 14.9 Å². The van der Waals surface area contributed by atoms with Crippen LogP contribution in [-0.4, -0.2) is 71.8 Å². The average molecular weight is 566 g/mol. The number of non-ortho nitro benzene ring substituents is 1. The first-order valence-electron chi connectivity index (χ1n) is 11.7. The number of unbranched alkanes of at least 4 members (excludes halogenated alkanes) is 1. The van der Waals surface area contributed by atoms with Crippen molar-refractivity contribution in [2.24, 2.45) is 0 Å². The number of nitro benzene ring substituents is 2. The van der Waals surface area contributed by atoms with E-state index in [9.17, 15) is 39.4 Å². The van der Waals surface area contributed by atoms with Gasteiger partial charge in [-0.3, -0.25) is 34.5 Å². The maximum Gasteiger partial charge on any atom is 0.326 e. The number of nitrogens with zero attached hydrogens (tertiary/aromatic N) is 5. The number of nitrogens with one attached hydrogen (secondary N) is 3. The van der Waals surface area contributed by atoms with E-state index in [1.165, 1.54) is 10.7 Å². The van der Waals surface area contributed by atoms with Gasteiger partial charge in [0, 0.05) is 25.5 Å². The van der Waals surface area contributed by atoms with Crippen molar-refractivity contribution in [2.45, 2.75) is 57.5 Å². The molecule has 216 valence electrons. The molecule has 2 amide bonds. The molecule has 19 heteroatoms. The Morgan fingerprint density at radius 1 is 1.10 bits per heavy atom. The largest absolute Gasteiger partial charge is 0.481 e. The quantitative estimate of drug-likeness (QED) is 0.0553. The van der Waals surface area contributed by atoms with Crippen molar-refractivity contribution in [3.8, 4) is 0 Å². The number of carbonyl (C=O) groups excluding carboxylic acids is 2. The van der Waals surface area contributed by atoms with Gasteiger partial charge in [0.15, 0.2) is 6.23 Å². The summed E-state index contributed by atoms with van der Waals surface area (Å²) in [6, 6.07) is 0.811. The van der Waals surface area contributed by atoms with Gasteiger partial charge in [0.05, 0.1) is 28.7 Å². The topological polar surface area (TPSA) is 271 Å². The molecule has 0 aliphatic carbocycles. The molecule has 2 rings (SSSR count). The Morgan fingerprint density at radius 2 is 1.85 bits per heavy atom. The summed E-state index contributed by atoms with van der Waals surface area (Å²) in [5, 5.41) is 55.0. The van der Waals surface area contributed by atoms with Crippen LogP contribution in [0.4, 0.5) is 21.9 Å². The van der Waals surface area contributed by atoms with Gasteiger partial charge in [-0.15, -0.1) is 5.10 Å². The number of benzene rings is 1. The fraction of sp³-hybridized carbons (Fsp3) is 0.429. The summed E-state index contributed by atoms with van der Waals surface area (Å²) >= 11 is 0.